The molecule has 3 unspecified atom stereocenters. The molecule has 0 spiro atoms. The lowest BCUT2D eigenvalue weighted by Gasteiger charge is -2.36. The third-order valence-electron chi connectivity index (χ3n) is 6.25. The monoisotopic (exact) mass is 464 g/mol. The Morgan fingerprint density at radius 2 is 1.76 bits per heavy atom. The van der Waals surface area contributed by atoms with Crippen molar-refractivity contribution in [1.29, 1.82) is 0 Å². The number of aliphatic hydroxyl groups excluding tert-OH is 1. The van der Waals surface area contributed by atoms with E-state index in [9.17, 15) is 5.11 Å². The molecule has 0 heterocycles. The van der Waals surface area contributed by atoms with E-state index in [4.69, 9.17) is 9.47 Å². The van der Waals surface area contributed by atoms with Gasteiger partial charge in [-0.2, -0.15) is 0 Å². The largest absolute Gasteiger partial charge is 0.497 e. The van der Waals surface area contributed by atoms with Crippen LogP contribution in [0.4, 0.5) is 0 Å². The molecule has 0 saturated carbocycles. The summed E-state index contributed by atoms with van der Waals surface area (Å²) in [5, 5.41) is 11.6. The van der Waals surface area contributed by atoms with E-state index in [0.717, 1.165) is 41.9 Å². The first-order valence-corrected chi connectivity index (χ1v) is 12.8. The van der Waals surface area contributed by atoms with Crippen LogP contribution in [0.15, 0.2) is 66.7 Å². The van der Waals surface area contributed by atoms with Gasteiger partial charge in [0.05, 0.1) is 13.2 Å². The van der Waals surface area contributed by atoms with Crippen LogP contribution in [0, 0.1) is 6.92 Å². The van der Waals surface area contributed by atoms with Gasteiger partial charge in [-0.05, 0) is 61.3 Å². The van der Waals surface area contributed by atoms with Crippen molar-refractivity contribution in [1.82, 2.24) is 0 Å². The van der Waals surface area contributed by atoms with Crippen molar-refractivity contribution in [2.24, 2.45) is 0 Å². The van der Waals surface area contributed by atoms with Crippen LogP contribution in [0.2, 0.25) is 0 Å². The molecule has 3 aromatic carbocycles. The Bertz CT molecular complexity index is 1030. The normalized spacial score (nSPS) is 14.2. The molecule has 0 bridgehead atoms. The Balaban J connectivity index is 2.07. The summed E-state index contributed by atoms with van der Waals surface area (Å²) in [6.45, 7) is 8.97. The van der Waals surface area contributed by atoms with Gasteiger partial charge in [-0.3, -0.25) is 0 Å². The van der Waals surface area contributed by atoms with Crippen LogP contribution in [0.3, 0.4) is 0 Å². The summed E-state index contributed by atoms with van der Waals surface area (Å²) in [5.74, 6) is 1.75. The molecule has 1 N–H and O–H groups in total. The zero-order valence-electron chi connectivity index (χ0n) is 20.5. The molecule has 33 heavy (non-hydrogen) atoms. The molecule has 0 aromatic heterocycles. The van der Waals surface area contributed by atoms with Crippen molar-refractivity contribution in [3.63, 3.8) is 0 Å². The number of rotatable bonds is 11. The number of aryl methyl sites for hydroxylation is 1. The first-order valence-electron chi connectivity index (χ1n) is 11.8. The number of benzene rings is 3. The second kappa shape index (κ2) is 11.7. The predicted octanol–water partition coefficient (Wildman–Crippen LogP) is 7.05. The van der Waals surface area contributed by atoms with Crippen molar-refractivity contribution in [2.45, 2.75) is 64.8 Å². The second-order valence-electron chi connectivity index (χ2n) is 8.71. The van der Waals surface area contributed by atoms with Gasteiger partial charge in [-0.1, -0.05) is 82.9 Å². The van der Waals surface area contributed by atoms with E-state index in [1.165, 1.54) is 16.4 Å². The van der Waals surface area contributed by atoms with Crippen LogP contribution in [-0.4, -0.2) is 12.2 Å². The van der Waals surface area contributed by atoms with Gasteiger partial charge in [-0.15, -0.1) is 0 Å². The van der Waals surface area contributed by atoms with Crippen molar-refractivity contribution in [2.75, 3.05) is 7.11 Å². The minimum absolute atomic E-state index is 0.103. The Hall–Kier alpha value is -2.35. The highest BCUT2D eigenvalue weighted by atomic mass is 31.1. The third-order valence-corrected chi connectivity index (χ3v) is 8.33. The fourth-order valence-electron chi connectivity index (χ4n) is 4.42. The van der Waals surface area contributed by atoms with Gasteiger partial charge in [0.2, 0.25) is 0 Å². The smallest absolute Gasteiger partial charge is 0.124 e. The zero-order chi connectivity index (χ0) is 23.8. The Kier molecular flexibility index (Phi) is 8.95. The summed E-state index contributed by atoms with van der Waals surface area (Å²) in [7, 11) is 2.22. The number of methoxy groups -OCH3 is 1. The Labute approximate surface area is 200 Å². The Morgan fingerprint density at radius 3 is 2.39 bits per heavy atom. The summed E-state index contributed by atoms with van der Waals surface area (Å²) in [4.78, 5) is 0. The van der Waals surface area contributed by atoms with E-state index in [1.807, 2.05) is 37.3 Å². The molecule has 3 nitrogen and oxygen atoms in total. The van der Waals surface area contributed by atoms with Crippen molar-refractivity contribution >= 4 is 13.9 Å². The van der Waals surface area contributed by atoms with E-state index in [-0.39, 0.29) is 5.16 Å². The fourth-order valence-corrected chi connectivity index (χ4v) is 6.41. The number of aliphatic hydroxyl groups is 1. The maximum absolute atomic E-state index is 10.5. The molecule has 0 amide bonds. The predicted molar refractivity (Wildman–Crippen MR) is 140 cm³/mol. The maximum Gasteiger partial charge on any atom is 0.124 e. The minimum Gasteiger partial charge on any atom is -0.497 e. The van der Waals surface area contributed by atoms with Gasteiger partial charge >= 0.3 is 0 Å². The van der Waals surface area contributed by atoms with Gasteiger partial charge < -0.3 is 14.6 Å². The van der Waals surface area contributed by atoms with Crippen LogP contribution in [0.5, 0.6) is 11.5 Å². The summed E-state index contributed by atoms with van der Waals surface area (Å²) < 4.78 is 12.0. The molecule has 3 atom stereocenters. The molecule has 0 fully saturated rings. The maximum atomic E-state index is 10.5. The summed E-state index contributed by atoms with van der Waals surface area (Å²) in [6, 6.07) is 22.9. The van der Waals surface area contributed by atoms with Crippen LogP contribution < -0.4 is 14.8 Å². The quantitative estimate of drug-likeness (QED) is 0.309. The summed E-state index contributed by atoms with van der Waals surface area (Å²) in [5.41, 5.74) is 4.54. The molecule has 3 rings (SSSR count). The van der Waals surface area contributed by atoms with Crippen LogP contribution in [-0.2, 0) is 11.8 Å². The molecule has 0 saturated heterocycles. The topological polar surface area (TPSA) is 38.7 Å². The SMILES string of the molecule is CCCC(CC)(Pc1ccc(C)cc1C(C)O)c1cc(OC)ccc1OCc1ccccc1. The zero-order valence-corrected chi connectivity index (χ0v) is 21.5. The number of hydrogen-bond acceptors (Lipinski definition) is 3. The van der Waals surface area contributed by atoms with Gasteiger partial charge in [-0.25, -0.2) is 0 Å². The first-order chi connectivity index (χ1) is 15.9. The Morgan fingerprint density at radius 1 is 1.00 bits per heavy atom. The average molecular weight is 465 g/mol. The molecular weight excluding hydrogens is 427 g/mol. The van der Waals surface area contributed by atoms with Gasteiger partial charge in [0, 0.05) is 10.7 Å². The van der Waals surface area contributed by atoms with E-state index < -0.39 is 6.10 Å². The fraction of sp³-hybridized carbons (Fsp3) is 0.379. The second-order valence-corrected chi connectivity index (χ2v) is 10.5. The number of hydrogen-bond donors (Lipinski definition) is 1. The molecule has 0 aliphatic heterocycles. The van der Waals surface area contributed by atoms with Crippen molar-refractivity contribution in [3.05, 3.63) is 89.0 Å². The molecule has 3 aromatic rings. The van der Waals surface area contributed by atoms with Gasteiger partial charge in [0.25, 0.3) is 0 Å². The average Bonchev–Trinajstić information content (AvgIpc) is 2.83. The molecule has 0 aliphatic carbocycles. The lowest BCUT2D eigenvalue weighted by Crippen LogP contribution is -2.25. The van der Waals surface area contributed by atoms with E-state index >= 15 is 0 Å². The highest BCUT2D eigenvalue weighted by Crippen LogP contribution is 2.52. The van der Waals surface area contributed by atoms with Crippen LogP contribution >= 0.6 is 8.58 Å². The summed E-state index contributed by atoms with van der Waals surface area (Å²) in [6.07, 6.45) is 2.57. The van der Waals surface area contributed by atoms with Gasteiger partial charge in [0.1, 0.15) is 18.1 Å². The van der Waals surface area contributed by atoms with E-state index in [1.54, 1.807) is 7.11 Å². The highest BCUT2D eigenvalue weighted by Gasteiger charge is 2.34. The molecule has 4 heteroatoms. The third kappa shape index (κ3) is 6.16. The van der Waals surface area contributed by atoms with E-state index in [0.29, 0.717) is 15.2 Å². The van der Waals surface area contributed by atoms with Crippen LogP contribution in [0.25, 0.3) is 0 Å². The van der Waals surface area contributed by atoms with Gasteiger partial charge in [0.15, 0.2) is 0 Å². The van der Waals surface area contributed by atoms with E-state index in [2.05, 4.69) is 57.2 Å². The molecule has 176 valence electrons. The molecular formula is C29H37O3P. The number of ether oxygens (including phenoxy) is 2. The minimum atomic E-state index is -0.498. The highest BCUT2D eigenvalue weighted by molar-refractivity contribution is 7.48. The van der Waals surface area contributed by atoms with Crippen LogP contribution in [0.1, 0.15) is 68.4 Å². The first kappa shape index (κ1) is 25.3. The summed E-state index contributed by atoms with van der Waals surface area (Å²) >= 11 is 0. The standard InChI is InChI=1S/C29H37O3P/c1-6-17-29(7-2,33-28-16-13-21(3)18-25(28)22(4)30)26-19-24(31-5)14-15-27(26)32-20-23-11-9-8-10-12-23/h8-16,18-19,22,30,33H,6-7,17,20H2,1-5H3. The molecule has 0 aliphatic rings. The lowest BCUT2D eigenvalue weighted by molar-refractivity contribution is 0.200. The lowest BCUT2D eigenvalue weighted by atomic mass is 9.89. The van der Waals surface area contributed by atoms with Crippen molar-refractivity contribution in [3.8, 4) is 11.5 Å². The molecule has 0 radical (unpaired) electrons. The van der Waals surface area contributed by atoms with Crippen molar-refractivity contribution < 1.29 is 14.6 Å².